The van der Waals surface area contributed by atoms with Crippen molar-refractivity contribution < 1.29 is 18.0 Å². The van der Waals surface area contributed by atoms with Crippen LogP contribution in [0.4, 0.5) is 19.0 Å². The fourth-order valence-electron chi connectivity index (χ4n) is 5.64. The minimum absolute atomic E-state index is 0.155. The minimum Gasteiger partial charge on any atom is -0.352 e. The van der Waals surface area contributed by atoms with Crippen molar-refractivity contribution in [1.82, 2.24) is 14.5 Å². The molecule has 11 heteroatoms. The first-order valence-electron chi connectivity index (χ1n) is 11.8. The van der Waals surface area contributed by atoms with Crippen LogP contribution in [0.15, 0.2) is 34.5 Å². The third kappa shape index (κ3) is 4.33. The number of hydrogen-bond acceptors (Lipinski definition) is 4. The van der Waals surface area contributed by atoms with Gasteiger partial charge in [-0.05, 0) is 62.5 Å². The number of thiol groups is 1. The zero-order valence-corrected chi connectivity index (χ0v) is 21.2. The van der Waals surface area contributed by atoms with Gasteiger partial charge in [0.05, 0.1) is 11.1 Å². The highest BCUT2D eigenvalue weighted by atomic mass is 35.7. The molecule has 1 saturated carbocycles. The lowest BCUT2D eigenvalue weighted by molar-refractivity contribution is -0.137. The second kappa shape index (κ2) is 8.73. The molecule has 1 unspecified atom stereocenters. The van der Waals surface area contributed by atoms with E-state index in [1.165, 1.54) is 6.08 Å². The molecule has 1 aromatic heterocycles. The van der Waals surface area contributed by atoms with E-state index < -0.39 is 27.5 Å². The number of carbonyl (C=O) groups is 1. The fraction of sp³-hybridized carbons (Fsp3) is 0.542. The Kier molecular flexibility index (Phi) is 6.11. The van der Waals surface area contributed by atoms with Gasteiger partial charge in [0.25, 0.3) is 0 Å². The Hall–Kier alpha value is -2.20. The Balaban J connectivity index is 1.69. The molecule has 1 amide bonds. The molecule has 6 nitrogen and oxygen atoms in total. The lowest BCUT2D eigenvalue weighted by Gasteiger charge is -2.44. The molecule has 2 aliphatic heterocycles. The quantitative estimate of drug-likeness (QED) is 0.468. The van der Waals surface area contributed by atoms with E-state index in [0.29, 0.717) is 47.1 Å². The first-order valence-corrected chi connectivity index (χ1v) is 14.2. The van der Waals surface area contributed by atoms with Crippen LogP contribution in [0.1, 0.15) is 32.3 Å². The highest BCUT2D eigenvalue weighted by molar-refractivity contribution is 8.36. The van der Waals surface area contributed by atoms with E-state index in [4.69, 9.17) is 10.7 Å². The lowest BCUT2D eigenvalue weighted by atomic mass is 10.0. The molecule has 3 aliphatic rings. The van der Waals surface area contributed by atoms with Gasteiger partial charge in [0.1, 0.15) is 5.82 Å². The SMILES string of the molecule is C=CC(=O)N1[C@H](C)CN(c2nc(=O)n3c4c(cc(C(F)(F)F)cc24)[SH](Cl)C[C@@H](C2CC2)C3)C[C@@H]1C. The largest absolute Gasteiger partial charge is 0.416 e. The van der Waals surface area contributed by atoms with E-state index in [-0.39, 0.29) is 29.7 Å². The average Bonchev–Trinajstić information content (AvgIpc) is 3.63. The normalized spacial score (nSPS) is 28.2. The maximum absolute atomic E-state index is 14.0. The molecule has 0 bridgehead atoms. The number of anilines is 1. The van der Waals surface area contributed by atoms with Crippen LogP contribution in [0, 0.1) is 11.8 Å². The number of alkyl halides is 3. The summed E-state index contributed by atoms with van der Waals surface area (Å²) in [5.74, 6) is 1.22. The monoisotopic (exact) mass is 528 g/mol. The van der Waals surface area contributed by atoms with E-state index in [0.717, 1.165) is 25.0 Å². The van der Waals surface area contributed by atoms with Crippen LogP contribution < -0.4 is 10.6 Å². The molecule has 0 radical (unpaired) electrons. The molecule has 35 heavy (non-hydrogen) atoms. The summed E-state index contributed by atoms with van der Waals surface area (Å²) in [5.41, 5.74) is -0.777. The summed E-state index contributed by atoms with van der Waals surface area (Å²) in [5, 5.41) is 0.293. The molecule has 1 aromatic carbocycles. The van der Waals surface area contributed by atoms with Gasteiger partial charge in [-0.15, -0.1) is 10.1 Å². The molecule has 0 N–H and O–H groups in total. The highest BCUT2D eigenvalue weighted by Crippen LogP contribution is 2.53. The van der Waals surface area contributed by atoms with E-state index in [1.54, 1.807) is 9.47 Å². The van der Waals surface area contributed by atoms with Gasteiger partial charge in [-0.25, -0.2) is 4.79 Å². The van der Waals surface area contributed by atoms with Gasteiger partial charge in [-0.2, -0.15) is 18.2 Å². The Morgan fingerprint density at radius 2 is 1.83 bits per heavy atom. The maximum atomic E-state index is 14.0. The van der Waals surface area contributed by atoms with Gasteiger partial charge in [0, 0.05) is 42.0 Å². The van der Waals surface area contributed by atoms with Crippen LogP contribution in [0.3, 0.4) is 0 Å². The molecular weight excluding hydrogens is 501 g/mol. The van der Waals surface area contributed by atoms with Crippen molar-refractivity contribution in [2.45, 2.75) is 56.4 Å². The summed E-state index contributed by atoms with van der Waals surface area (Å²) in [6.07, 6.45) is -1.19. The summed E-state index contributed by atoms with van der Waals surface area (Å²) in [6.45, 7) is 8.39. The maximum Gasteiger partial charge on any atom is 0.416 e. The van der Waals surface area contributed by atoms with E-state index >= 15 is 0 Å². The van der Waals surface area contributed by atoms with Gasteiger partial charge in [-0.1, -0.05) is 17.3 Å². The second-order valence-electron chi connectivity index (χ2n) is 9.91. The predicted octanol–water partition coefficient (Wildman–Crippen LogP) is 4.58. The second-order valence-corrected chi connectivity index (χ2v) is 12.7. The Labute approximate surface area is 208 Å². The molecule has 4 atom stereocenters. The number of carbonyl (C=O) groups excluding carboxylic acids is 1. The Morgan fingerprint density at radius 3 is 2.40 bits per heavy atom. The first-order chi connectivity index (χ1) is 16.5. The van der Waals surface area contributed by atoms with Crippen molar-refractivity contribution in [1.29, 1.82) is 0 Å². The highest BCUT2D eigenvalue weighted by Gasteiger charge is 2.39. The van der Waals surface area contributed by atoms with Crippen molar-refractivity contribution in [2.24, 2.45) is 11.8 Å². The summed E-state index contributed by atoms with van der Waals surface area (Å²) in [4.78, 5) is 33.9. The van der Waals surface area contributed by atoms with E-state index in [1.807, 2.05) is 18.7 Å². The molecule has 3 heterocycles. The third-order valence-electron chi connectivity index (χ3n) is 7.37. The summed E-state index contributed by atoms with van der Waals surface area (Å²) < 4.78 is 43.4. The molecule has 2 aromatic rings. The molecule has 1 aliphatic carbocycles. The Bertz CT molecular complexity index is 1250. The Morgan fingerprint density at radius 1 is 1.17 bits per heavy atom. The topological polar surface area (TPSA) is 58.4 Å². The third-order valence-corrected chi connectivity index (χ3v) is 9.98. The number of halogens is 4. The predicted molar refractivity (Wildman–Crippen MR) is 133 cm³/mol. The van der Waals surface area contributed by atoms with Crippen molar-refractivity contribution in [3.8, 4) is 0 Å². The number of rotatable bonds is 3. The number of benzene rings is 1. The van der Waals surface area contributed by atoms with Crippen molar-refractivity contribution >= 4 is 43.4 Å². The van der Waals surface area contributed by atoms with E-state index in [2.05, 4.69) is 11.6 Å². The lowest BCUT2D eigenvalue weighted by Crippen LogP contribution is -2.58. The molecule has 190 valence electrons. The van der Waals surface area contributed by atoms with Gasteiger partial charge in [-0.3, -0.25) is 9.36 Å². The number of piperazine rings is 1. The van der Waals surface area contributed by atoms with Gasteiger partial charge in [0.15, 0.2) is 0 Å². The standard InChI is InChI=1S/C24H28ClF3N4O2S/c1-4-20(33)32-13(2)9-30(10-14(32)3)22-18-7-17(24(26,27)28)8-19-21(18)31(23(34)29-22)11-16(12-35(19)25)15-5-6-15/h4,7-8,13-16,35H,1,5-6,9-12H2,2-3H3/t13-,14+,16-/m0/s1. The number of amides is 1. The van der Waals surface area contributed by atoms with Gasteiger partial charge in [0.2, 0.25) is 5.91 Å². The van der Waals surface area contributed by atoms with Crippen LogP contribution >= 0.6 is 20.8 Å². The van der Waals surface area contributed by atoms with Crippen molar-refractivity contribution in [3.63, 3.8) is 0 Å². The summed E-state index contributed by atoms with van der Waals surface area (Å²) >= 11 is 0. The van der Waals surface area contributed by atoms with Crippen molar-refractivity contribution in [3.05, 3.63) is 40.8 Å². The smallest absolute Gasteiger partial charge is 0.352 e. The van der Waals surface area contributed by atoms with Crippen LogP contribution in [0.5, 0.6) is 0 Å². The van der Waals surface area contributed by atoms with Crippen LogP contribution in [-0.4, -0.2) is 51.3 Å². The van der Waals surface area contributed by atoms with Crippen molar-refractivity contribution in [2.75, 3.05) is 23.7 Å². The van der Waals surface area contributed by atoms with Gasteiger partial charge < -0.3 is 9.80 Å². The molecule has 1 saturated heterocycles. The molecule has 0 spiro atoms. The van der Waals surface area contributed by atoms with Crippen LogP contribution in [0.2, 0.25) is 0 Å². The number of aromatic nitrogens is 2. The minimum atomic E-state index is -4.56. The summed E-state index contributed by atoms with van der Waals surface area (Å²) in [6, 6.07) is 1.75. The summed E-state index contributed by atoms with van der Waals surface area (Å²) in [7, 11) is 5.41. The fourth-order valence-corrected chi connectivity index (χ4v) is 8.33. The average molecular weight is 529 g/mol. The van der Waals surface area contributed by atoms with Gasteiger partial charge >= 0.3 is 11.9 Å². The zero-order valence-electron chi connectivity index (χ0n) is 19.6. The molecular formula is C24H28ClF3N4O2S. The van der Waals surface area contributed by atoms with Crippen LogP contribution in [-0.2, 0) is 17.5 Å². The first kappa shape index (κ1) is 24.5. The number of hydrogen-bond donors (Lipinski definition) is 1. The zero-order chi connectivity index (χ0) is 25.2. The number of nitrogens with zero attached hydrogens (tertiary/aromatic N) is 4. The van der Waals surface area contributed by atoms with E-state index in [9.17, 15) is 22.8 Å². The molecule has 2 fully saturated rings. The molecule has 5 rings (SSSR count). The van der Waals surface area contributed by atoms with Crippen LogP contribution in [0.25, 0.3) is 10.9 Å².